The van der Waals surface area contributed by atoms with Crippen molar-refractivity contribution in [3.05, 3.63) is 35.1 Å². The minimum Gasteiger partial charge on any atom is -0.298 e. The maximum atomic E-state index is 13.0. The minimum atomic E-state index is -4.52. The molecule has 0 amide bonds. The molecule has 1 aliphatic rings. The van der Waals surface area contributed by atoms with Crippen LogP contribution in [0, 0.1) is 5.82 Å². The molecule has 6 heteroatoms. The minimum absolute atomic E-state index is 0.116. The first-order valence-electron chi connectivity index (χ1n) is 5.66. The van der Waals surface area contributed by atoms with Gasteiger partial charge in [-0.05, 0) is 24.1 Å². The molecule has 2 unspecified atom stereocenters. The van der Waals surface area contributed by atoms with Gasteiger partial charge in [0.2, 0.25) is 0 Å². The van der Waals surface area contributed by atoms with Gasteiger partial charge in [0.15, 0.2) is 0 Å². The van der Waals surface area contributed by atoms with E-state index in [1.165, 1.54) is 17.8 Å². The lowest BCUT2D eigenvalue weighted by atomic mass is 10.1. The van der Waals surface area contributed by atoms with Gasteiger partial charge in [0, 0.05) is 11.8 Å². The molecule has 1 aromatic rings. The van der Waals surface area contributed by atoms with Crippen molar-refractivity contribution < 1.29 is 17.6 Å². The van der Waals surface area contributed by atoms with Crippen LogP contribution in [0.5, 0.6) is 0 Å². The number of alkyl halides is 3. The number of nitrogens with one attached hydrogen (secondary N) is 1. The number of hydrogen-bond donors (Lipinski definition) is 1. The Bertz CT molecular complexity index is 433. The molecule has 0 spiro atoms. The van der Waals surface area contributed by atoms with E-state index in [4.69, 9.17) is 0 Å². The zero-order valence-corrected chi connectivity index (χ0v) is 10.5. The van der Waals surface area contributed by atoms with E-state index < -0.39 is 22.9 Å². The quantitative estimate of drug-likeness (QED) is 0.822. The highest BCUT2D eigenvalue weighted by molar-refractivity contribution is 7.99. The third-order valence-electron chi connectivity index (χ3n) is 2.95. The normalized spacial score (nSPS) is 24.5. The zero-order valence-electron chi connectivity index (χ0n) is 9.72. The first-order chi connectivity index (χ1) is 8.41. The second-order valence-corrected chi connectivity index (χ2v) is 5.35. The largest absolute Gasteiger partial charge is 0.416 e. The molecule has 1 saturated heterocycles. The molecule has 2 rings (SSSR count). The summed E-state index contributed by atoms with van der Waals surface area (Å²) in [4.78, 5) is 0. The highest BCUT2D eigenvalue weighted by Crippen LogP contribution is 2.41. The van der Waals surface area contributed by atoms with Crippen LogP contribution < -0.4 is 5.32 Å². The van der Waals surface area contributed by atoms with E-state index in [-0.39, 0.29) is 11.6 Å². The Kier molecular flexibility index (Phi) is 3.87. The summed E-state index contributed by atoms with van der Waals surface area (Å²) in [6, 6.07) is 3.08. The van der Waals surface area contributed by atoms with Crippen molar-refractivity contribution in [3.8, 4) is 0 Å². The molecular formula is C12H13F4NS. The van der Waals surface area contributed by atoms with Gasteiger partial charge >= 0.3 is 6.18 Å². The summed E-state index contributed by atoms with van der Waals surface area (Å²) in [7, 11) is 0. The zero-order chi connectivity index (χ0) is 13.3. The maximum Gasteiger partial charge on any atom is 0.416 e. The SMILES string of the molecule is CCC1CSC(c2ccc(F)cc2C(F)(F)F)N1. The van der Waals surface area contributed by atoms with E-state index >= 15 is 0 Å². The standard InChI is InChI=1S/C12H13F4NS/c1-2-8-6-18-11(17-8)9-4-3-7(13)5-10(9)12(14,15)16/h3-5,8,11,17H,2,6H2,1H3. The second kappa shape index (κ2) is 5.09. The summed E-state index contributed by atoms with van der Waals surface area (Å²) in [5.41, 5.74) is -0.769. The summed E-state index contributed by atoms with van der Waals surface area (Å²) >= 11 is 1.43. The van der Waals surface area contributed by atoms with Gasteiger partial charge in [-0.15, -0.1) is 11.8 Å². The molecule has 1 N–H and O–H groups in total. The first kappa shape index (κ1) is 13.7. The van der Waals surface area contributed by atoms with E-state index in [1.807, 2.05) is 6.92 Å². The van der Waals surface area contributed by atoms with Crippen molar-refractivity contribution in [1.82, 2.24) is 5.32 Å². The summed E-state index contributed by atoms with van der Waals surface area (Å²) in [6.07, 6.45) is -3.66. The van der Waals surface area contributed by atoms with Crippen LogP contribution in [0.25, 0.3) is 0 Å². The predicted octanol–water partition coefficient (Wildman–Crippen LogP) is 3.96. The average Bonchev–Trinajstić information content (AvgIpc) is 2.76. The summed E-state index contributed by atoms with van der Waals surface area (Å²) in [5.74, 6) is -0.0864. The molecule has 100 valence electrons. The van der Waals surface area contributed by atoms with Crippen LogP contribution in [0.4, 0.5) is 17.6 Å². The summed E-state index contributed by atoms with van der Waals surface area (Å²) in [6.45, 7) is 1.98. The van der Waals surface area contributed by atoms with Crippen LogP contribution in [0.1, 0.15) is 29.8 Å². The smallest absolute Gasteiger partial charge is 0.298 e. The molecule has 1 fully saturated rings. The lowest BCUT2D eigenvalue weighted by molar-refractivity contribution is -0.138. The summed E-state index contributed by atoms with van der Waals surface area (Å²) < 4.78 is 51.6. The highest BCUT2D eigenvalue weighted by Gasteiger charge is 2.37. The monoisotopic (exact) mass is 279 g/mol. The third kappa shape index (κ3) is 2.80. The predicted molar refractivity (Wildman–Crippen MR) is 63.8 cm³/mol. The number of thioether (sulfide) groups is 1. The number of halogens is 4. The molecule has 0 aliphatic carbocycles. The van der Waals surface area contributed by atoms with Gasteiger partial charge in [-0.1, -0.05) is 13.0 Å². The van der Waals surface area contributed by atoms with Gasteiger partial charge in [-0.25, -0.2) is 4.39 Å². The molecule has 2 atom stereocenters. The Labute approximate surface area is 107 Å². The maximum absolute atomic E-state index is 13.0. The van der Waals surface area contributed by atoms with Crippen LogP contribution in [0.15, 0.2) is 18.2 Å². The molecule has 0 radical (unpaired) electrons. The topological polar surface area (TPSA) is 12.0 Å². The van der Waals surface area contributed by atoms with Crippen molar-refractivity contribution in [2.45, 2.75) is 30.9 Å². The van der Waals surface area contributed by atoms with Crippen LogP contribution in [-0.4, -0.2) is 11.8 Å². The Morgan fingerprint density at radius 2 is 2.11 bits per heavy atom. The van der Waals surface area contributed by atoms with Crippen LogP contribution in [0.3, 0.4) is 0 Å². The number of rotatable bonds is 2. The van der Waals surface area contributed by atoms with E-state index in [0.29, 0.717) is 6.07 Å². The van der Waals surface area contributed by atoms with E-state index in [2.05, 4.69) is 5.32 Å². The van der Waals surface area contributed by atoms with Crippen molar-refractivity contribution >= 4 is 11.8 Å². The van der Waals surface area contributed by atoms with E-state index in [0.717, 1.165) is 18.2 Å². The Morgan fingerprint density at radius 3 is 2.67 bits per heavy atom. The molecule has 1 aromatic carbocycles. The van der Waals surface area contributed by atoms with Crippen LogP contribution in [0.2, 0.25) is 0 Å². The van der Waals surface area contributed by atoms with Crippen LogP contribution >= 0.6 is 11.8 Å². The lowest BCUT2D eigenvalue weighted by Gasteiger charge is -2.18. The first-order valence-corrected chi connectivity index (χ1v) is 6.71. The lowest BCUT2D eigenvalue weighted by Crippen LogP contribution is -2.26. The van der Waals surface area contributed by atoms with Gasteiger partial charge in [0.1, 0.15) is 5.82 Å². The van der Waals surface area contributed by atoms with Crippen molar-refractivity contribution in [2.24, 2.45) is 0 Å². The van der Waals surface area contributed by atoms with E-state index in [1.54, 1.807) is 0 Å². The third-order valence-corrected chi connectivity index (χ3v) is 4.27. The average molecular weight is 279 g/mol. The second-order valence-electron chi connectivity index (χ2n) is 4.21. The molecule has 18 heavy (non-hydrogen) atoms. The number of hydrogen-bond acceptors (Lipinski definition) is 2. The van der Waals surface area contributed by atoms with Gasteiger partial charge in [0.25, 0.3) is 0 Å². The Balaban J connectivity index is 2.33. The van der Waals surface area contributed by atoms with Crippen molar-refractivity contribution in [2.75, 3.05) is 5.75 Å². The van der Waals surface area contributed by atoms with Crippen molar-refractivity contribution in [3.63, 3.8) is 0 Å². The molecule has 1 nitrogen and oxygen atoms in total. The fourth-order valence-corrected chi connectivity index (χ4v) is 3.37. The molecule has 0 saturated carbocycles. The van der Waals surface area contributed by atoms with Gasteiger partial charge in [-0.3, -0.25) is 5.32 Å². The van der Waals surface area contributed by atoms with Crippen LogP contribution in [-0.2, 0) is 6.18 Å². The highest BCUT2D eigenvalue weighted by atomic mass is 32.2. The van der Waals surface area contributed by atoms with E-state index in [9.17, 15) is 17.6 Å². The fraction of sp³-hybridized carbons (Fsp3) is 0.500. The van der Waals surface area contributed by atoms with Crippen molar-refractivity contribution in [1.29, 1.82) is 0 Å². The van der Waals surface area contributed by atoms with Gasteiger partial charge < -0.3 is 0 Å². The van der Waals surface area contributed by atoms with Gasteiger partial charge in [-0.2, -0.15) is 13.2 Å². The molecular weight excluding hydrogens is 266 g/mol. The summed E-state index contributed by atoms with van der Waals surface area (Å²) in [5, 5.41) is 2.72. The number of benzene rings is 1. The van der Waals surface area contributed by atoms with Gasteiger partial charge in [0.05, 0.1) is 10.9 Å². The molecule has 1 aliphatic heterocycles. The molecule has 0 bridgehead atoms. The molecule has 0 aromatic heterocycles. The molecule has 1 heterocycles. The fourth-order valence-electron chi connectivity index (χ4n) is 1.94. The Morgan fingerprint density at radius 1 is 1.39 bits per heavy atom. The Hall–Kier alpha value is -0.750.